The SMILES string of the molecule is CCCCc1cc(C)c(C(CCC)c2c(C)cc(O)cc2CCCC)c(O)c1. The predicted octanol–water partition coefficient (Wildman–Crippen LogP) is 7.33. The Labute approximate surface area is 171 Å². The molecule has 1 unspecified atom stereocenters. The smallest absolute Gasteiger partial charge is 0.119 e. The van der Waals surface area contributed by atoms with Crippen LogP contribution in [-0.2, 0) is 12.8 Å². The average Bonchev–Trinajstić information content (AvgIpc) is 2.63. The van der Waals surface area contributed by atoms with E-state index in [1.54, 1.807) is 0 Å². The van der Waals surface area contributed by atoms with E-state index in [-0.39, 0.29) is 5.92 Å². The summed E-state index contributed by atoms with van der Waals surface area (Å²) in [6, 6.07) is 8.04. The van der Waals surface area contributed by atoms with Crippen LogP contribution in [-0.4, -0.2) is 10.2 Å². The molecule has 2 N–H and O–H groups in total. The average molecular weight is 383 g/mol. The maximum Gasteiger partial charge on any atom is 0.119 e. The standard InChI is InChI=1S/C26H38O2/c1-6-9-12-20-14-18(4)26(24(28)16-20)23(11-8-3)25-19(5)15-22(27)17-21(25)13-10-7-2/h14-17,23,27-28H,6-13H2,1-5H3. The van der Waals surface area contributed by atoms with E-state index in [1.165, 1.54) is 22.3 Å². The Morgan fingerprint density at radius 2 is 1.39 bits per heavy atom. The molecule has 1 atom stereocenters. The molecule has 28 heavy (non-hydrogen) atoms. The van der Waals surface area contributed by atoms with E-state index in [0.29, 0.717) is 11.5 Å². The summed E-state index contributed by atoms with van der Waals surface area (Å²) in [6.07, 6.45) is 8.57. The van der Waals surface area contributed by atoms with Gasteiger partial charge in [0.25, 0.3) is 0 Å². The van der Waals surface area contributed by atoms with Crippen LogP contribution < -0.4 is 0 Å². The molecule has 0 aliphatic carbocycles. The van der Waals surface area contributed by atoms with Gasteiger partial charge in [0.2, 0.25) is 0 Å². The summed E-state index contributed by atoms with van der Waals surface area (Å²) in [4.78, 5) is 0. The molecule has 0 radical (unpaired) electrons. The molecule has 2 heteroatoms. The van der Waals surface area contributed by atoms with E-state index in [1.807, 2.05) is 18.2 Å². The highest BCUT2D eigenvalue weighted by atomic mass is 16.3. The molecule has 0 heterocycles. The summed E-state index contributed by atoms with van der Waals surface area (Å²) in [7, 11) is 0. The Balaban J connectivity index is 2.58. The zero-order chi connectivity index (χ0) is 20.7. The summed E-state index contributed by atoms with van der Waals surface area (Å²) >= 11 is 0. The van der Waals surface area contributed by atoms with Gasteiger partial charge in [0.1, 0.15) is 11.5 Å². The van der Waals surface area contributed by atoms with E-state index in [9.17, 15) is 10.2 Å². The van der Waals surface area contributed by atoms with Gasteiger partial charge in [-0.2, -0.15) is 0 Å². The lowest BCUT2D eigenvalue weighted by Crippen LogP contribution is -2.10. The Kier molecular flexibility index (Phi) is 8.41. The molecule has 0 spiro atoms. The molecule has 2 aromatic carbocycles. The number of hydrogen-bond acceptors (Lipinski definition) is 2. The Morgan fingerprint density at radius 1 is 0.750 bits per heavy atom. The van der Waals surface area contributed by atoms with Crippen LogP contribution in [0.15, 0.2) is 24.3 Å². The second-order valence-electron chi connectivity index (χ2n) is 8.23. The van der Waals surface area contributed by atoms with Crippen LogP contribution in [0.4, 0.5) is 0 Å². The van der Waals surface area contributed by atoms with E-state index < -0.39 is 0 Å². The molecule has 2 rings (SSSR count). The normalized spacial score (nSPS) is 12.3. The Morgan fingerprint density at radius 3 is 2.00 bits per heavy atom. The van der Waals surface area contributed by atoms with Gasteiger partial charge in [-0.1, -0.05) is 46.1 Å². The molecule has 0 fully saturated rings. The van der Waals surface area contributed by atoms with Crippen LogP contribution in [0.1, 0.15) is 98.6 Å². The number of hydrogen-bond donors (Lipinski definition) is 2. The highest BCUT2D eigenvalue weighted by Crippen LogP contribution is 2.42. The summed E-state index contributed by atoms with van der Waals surface area (Å²) in [6.45, 7) is 10.8. The molecule has 2 nitrogen and oxygen atoms in total. The van der Waals surface area contributed by atoms with Gasteiger partial charge >= 0.3 is 0 Å². The van der Waals surface area contributed by atoms with E-state index in [2.05, 4.69) is 40.7 Å². The molecular formula is C26H38O2. The number of phenols is 2. The molecule has 0 amide bonds. The van der Waals surface area contributed by atoms with E-state index in [0.717, 1.165) is 62.5 Å². The Hall–Kier alpha value is -1.96. The van der Waals surface area contributed by atoms with Crippen molar-refractivity contribution in [2.24, 2.45) is 0 Å². The van der Waals surface area contributed by atoms with Crippen LogP contribution >= 0.6 is 0 Å². The number of benzene rings is 2. The van der Waals surface area contributed by atoms with Crippen molar-refractivity contribution in [1.29, 1.82) is 0 Å². The highest BCUT2D eigenvalue weighted by Gasteiger charge is 2.24. The first-order valence-corrected chi connectivity index (χ1v) is 11.1. The fourth-order valence-electron chi connectivity index (χ4n) is 4.48. The maximum absolute atomic E-state index is 11.0. The molecule has 0 saturated carbocycles. The van der Waals surface area contributed by atoms with E-state index in [4.69, 9.17) is 0 Å². The number of aromatic hydroxyl groups is 2. The van der Waals surface area contributed by atoms with Gasteiger partial charge in [-0.25, -0.2) is 0 Å². The second-order valence-corrected chi connectivity index (χ2v) is 8.23. The number of phenolic OH excluding ortho intramolecular Hbond substituents is 2. The van der Waals surface area contributed by atoms with Crippen molar-refractivity contribution in [3.63, 3.8) is 0 Å². The molecule has 0 bridgehead atoms. The first-order chi connectivity index (χ1) is 13.4. The summed E-state index contributed by atoms with van der Waals surface area (Å²) in [5.41, 5.74) is 7.12. The quantitative estimate of drug-likeness (QED) is 0.451. The lowest BCUT2D eigenvalue weighted by atomic mass is 9.79. The van der Waals surface area contributed by atoms with Crippen molar-refractivity contribution in [2.75, 3.05) is 0 Å². The maximum atomic E-state index is 11.0. The van der Waals surface area contributed by atoms with Crippen molar-refractivity contribution in [1.82, 2.24) is 0 Å². The van der Waals surface area contributed by atoms with Crippen molar-refractivity contribution in [2.45, 2.75) is 91.9 Å². The van der Waals surface area contributed by atoms with Gasteiger partial charge in [-0.15, -0.1) is 0 Å². The van der Waals surface area contributed by atoms with Crippen molar-refractivity contribution >= 4 is 0 Å². The van der Waals surface area contributed by atoms with E-state index >= 15 is 0 Å². The third-order valence-corrected chi connectivity index (χ3v) is 5.78. The van der Waals surface area contributed by atoms with Gasteiger partial charge in [0.15, 0.2) is 0 Å². The van der Waals surface area contributed by atoms with Crippen LogP contribution in [0, 0.1) is 13.8 Å². The molecule has 0 aliphatic heterocycles. The first kappa shape index (κ1) is 22.3. The zero-order valence-electron chi connectivity index (χ0n) is 18.4. The van der Waals surface area contributed by atoms with Crippen LogP contribution in [0.3, 0.4) is 0 Å². The Bertz CT molecular complexity index is 753. The molecular weight excluding hydrogens is 344 g/mol. The molecule has 0 saturated heterocycles. The predicted molar refractivity (Wildman–Crippen MR) is 120 cm³/mol. The second kappa shape index (κ2) is 10.5. The fourth-order valence-corrected chi connectivity index (χ4v) is 4.48. The summed E-state index contributed by atoms with van der Waals surface area (Å²) < 4.78 is 0. The van der Waals surface area contributed by atoms with Gasteiger partial charge < -0.3 is 10.2 Å². The summed E-state index contributed by atoms with van der Waals surface area (Å²) in [5, 5.41) is 21.2. The van der Waals surface area contributed by atoms with Crippen molar-refractivity contribution in [3.8, 4) is 11.5 Å². The van der Waals surface area contributed by atoms with Crippen LogP contribution in [0.25, 0.3) is 0 Å². The summed E-state index contributed by atoms with van der Waals surface area (Å²) in [5.74, 6) is 0.939. The molecule has 0 aromatic heterocycles. The lowest BCUT2D eigenvalue weighted by molar-refractivity contribution is 0.459. The molecule has 154 valence electrons. The molecule has 0 aliphatic rings. The highest BCUT2D eigenvalue weighted by molar-refractivity contribution is 5.53. The fraction of sp³-hybridized carbons (Fsp3) is 0.538. The van der Waals surface area contributed by atoms with Crippen LogP contribution in [0.2, 0.25) is 0 Å². The van der Waals surface area contributed by atoms with Crippen molar-refractivity contribution in [3.05, 3.63) is 57.6 Å². The number of unbranched alkanes of at least 4 members (excludes halogenated alkanes) is 2. The van der Waals surface area contributed by atoms with Crippen molar-refractivity contribution < 1.29 is 10.2 Å². The first-order valence-electron chi connectivity index (χ1n) is 11.1. The minimum atomic E-state index is 0.165. The number of aryl methyl sites for hydroxylation is 4. The minimum Gasteiger partial charge on any atom is -0.508 e. The van der Waals surface area contributed by atoms with Gasteiger partial charge in [-0.05, 0) is 92.0 Å². The molecule has 2 aromatic rings. The lowest BCUT2D eigenvalue weighted by Gasteiger charge is -2.26. The van der Waals surface area contributed by atoms with Gasteiger partial charge in [0.05, 0.1) is 0 Å². The third-order valence-electron chi connectivity index (χ3n) is 5.78. The zero-order valence-corrected chi connectivity index (χ0v) is 18.4. The minimum absolute atomic E-state index is 0.165. The van der Waals surface area contributed by atoms with Crippen LogP contribution in [0.5, 0.6) is 11.5 Å². The largest absolute Gasteiger partial charge is 0.508 e. The third kappa shape index (κ3) is 5.31. The topological polar surface area (TPSA) is 40.5 Å². The number of rotatable bonds is 10. The van der Waals surface area contributed by atoms with Gasteiger partial charge in [0, 0.05) is 11.5 Å². The van der Waals surface area contributed by atoms with Gasteiger partial charge in [-0.3, -0.25) is 0 Å². The monoisotopic (exact) mass is 382 g/mol.